The van der Waals surface area contributed by atoms with Crippen LogP contribution in [-0.4, -0.2) is 35.8 Å². The van der Waals surface area contributed by atoms with Crippen molar-refractivity contribution < 1.29 is 14.6 Å². The number of benzene rings is 2. The number of hydrogen-bond acceptors (Lipinski definition) is 4. The van der Waals surface area contributed by atoms with Gasteiger partial charge in [-0.3, -0.25) is 0 Å². The third-order valence-corrected chi connectivity index (χ3v) is 5.90. The second-order valence-electron chi connectivity index (χ2n) is 7.64. The zero-order chi connectivity index (χ0) is 17.7. The summed E-state index contributed by atoms with van der Waals surface area (Å²) in [6, 6.07) is 14.0. The van der Waals surface area contributed by atoms with E-state index in [-0.39, 0.29) is 11.5 Å². The molecule has 2 aromatic carbocycles. The van der Waals surface area contributed by atoms with Gasteiger partial charge in [-0.05, 0) is 43.8 Å². The maximum absolute atomic E-state index is 10.2. The second kappa shape index (κ2) is 5.86. The first-order valence-corrected chi connectivity index (χ1v) is 9.27. The van der Waals surface area contributed by atoms with E-state index in [1.54, 1.807) is 0 Å². The van der Waals surface area contributed by atoms with Crippen molar-refractivity contribution in [3.8, 4) is 17.2 Å². The highest BCUT2D eigenvalue weighted by molar-refractivity contribution is 5.61. The molecule has 1 spiro atoms. The first-order valence-electron chi connectivity index (χ1n) is 9.27. The quantitative estimate of drug-likeness (QED) is 0.841. The number of aliphatic hydroxyl groups is 1. The molecule has 0 radical (unpaired) electrons. The molecule has 0 fully saturated rings. The molecule has 0 amide bonds. The number of para-hydroxylation sites is 1. The van der Waals surface area contributed by atoms with E-state index in [0.717, 1.165) is 36.8 Å². The highest BCUT2D eigenvalue weighted by Gasteiger charge is 2.52. The highest BCUT2D eigenvalue weighted by Crippen LogP contribution is 2.56. The molecule has 4 nitrogen and oxygen atoms in total. The smallest absolute Gasteiger partial charge is 0.169 e. The third-order valence-electron chi connectivity index (χ3n) is 5.90. The third kappa shape index (κ3) is 2.37. The van der Waals surface area contributed by atoms with E-state index in [4.69, 9.17) is 9.47 Å². The minimum Gasteiger partial charge on any atom is -0.485 e. The molecular formula is C22H23NO3. The maximum Gasteiger partial charge on any atom is 0.169 e. The Bertz CT molecular complexity index is 863. The molecule has 26 heavy (non-hydrogen) atoms. The van der Waals surface area contributed by atoms with Crippen LogP contribution in [0.1, 0.15) is 24.0 Å². The molecule has 2 heterocycles. The van der Waals surface area contributed by atoms with Crippen LogP contribution in [-0.2, 0) is 12.0 Å². The number of nitrogens with zero attached hydrogens (tertiary/aromatic N) is 1. The molecule has 2 aliphatic heterocycles. The molecule has 2 aromatic rings. The van der Waals surface area contributed by atoms with E-state index in [0.29, 0.717) is 6.42 Å². The number of aliphatic hydroxyl groups excluding tert-OH is 1. The summed E-state index contributed by atoms with van der Waals surface area (Å²) in [5.41, 5.74) is 2.39. The molecule has 1 N–H and O–H groups in total. The molecule has 0 bridgehead atoms. The van der Waals surface area contributed by atoms with Gasteiger partial charge in [0.2, 0.25) is 0 Å². The largest absolute Gasteiger partial charge is 0.485 e. The van der Waals surface area contributed by atoms with Gasteiger partial charge in [-0.2, -0.15) is 0 Å². The average molecular weight is 349 g/mol. The lowest BCUT2D eigenvalue weighted by Crippen LogP contribution is -2.42. The number of rotatable bonds is 2. The van der Waals surface area contributed by atoms with Crippen molar-refractivity contribution >= 4 is 0 Å². The standard InChI is InChI=1S/C22H23NO3/c1-23-12-11-22-10-9-16(24)13-19(22)26-21-18(8-7-15(14-23)20(21)22)25-17-5-3-2-4-6-17/h2-10,16,19,24H,11-14H2,1H3/t16-,19-,22?/m0/s1. The molecule has 0 aromatic heterocycles. The minimum absolute atomic E-state index is 0.0386. The predicted octanol–water partition coefficient (Wildman–Crippen LogP) is 3.63. The molecule has 0 saturated carbocycles. The molecule has 5 rings (SSSR count). The molecule has 134 valence electrons. The van der Waals surface area contributed by atoms with Crippen molar-refractivity contribution in [3.05, 3.63) is 65.7 Å². The SMILES string of the molecule is CN1CCC23C=C[C@H](O)C[C@@H]2Oc2c(Oc4ccccc4)ccc(c23)C1. The van der Waals surface area contributed by atoms with Crippen molar-refractivity contribution in [2.24, 2.45) is 0 Å². The summed E-state index contributed by atoms with van der Waals surface area (Å²) >= 11 is 0. The molecule has 0 saturated heterocycles. The zero-order valence-electron chi connectivity index (χ0n) is 14.9. The van der Waals surface area contributed by atoms with Crippen molar-refractivity contribution in [1.29, 1.82) is 0 Å². The lowest BCUT2D eigenvalue weighted by atomic mass is 9.69. The Morgan fingerprint density at radius 1 is 1.19 bits per heavy atom. The van der Waals surface area contributed by atoms with E-state index in [9.17, 15) is 5.11 Å². The fraction of sp³-hybridized carbons (Fsp3) is 0.364. The van der Waals surface area contributed by atoms with E-state index in [2.05, 4.69) is 24.1 Å². The number of ether oxygens (including phenoxy) is 2. The monoisotopic (exact) mass is 349 g/mol. The van der Waals surface area contributed by atoms with Crippen LogP contribution >= 0.6 is 0 Å². The van der Waals surface area contributed by atoms with Gasteiger partial charge in [-0.25, -0.2) is 0 Å². The average Bonchev–Trinajstić information content (AvgIpc) is 2.90. The summed E-state index contributed by atoms with van der Waals surface area (Å²) in [5, 5.41) is 10.2. The van der Waals surface area contributed by atoms with Gasteiger partial charge < -0.3 is 19.5 Å². The first kappa shape index (κ1) is 15.9. The van der Waals surface area contributed by atoms with Crippen LogP contribution in [0, 0.1) is 0 Å². The summed E-state index contributed by atoms with van der Waals surface area (Å²) in [5.74, 6) is 2.42. The van der Waals surface area contributed by atoms with Crippen molar-refractivity contribution in [3.63, 3.8) is 0 Å². The molecule has 1 aliphatic carbocycles. The van der Waals surface area contributed by atoms with Crippen molar-refractivity contribution in [1.82, 2.24) is 4.90 Å². The fourth-order valence-corrected chi connectivity index (χ4v) is 4.61. The lowest BCUT2D eigenvalue weighted by molar-refractivity contribution is 0.0824. The Labute approximate surface area is 153 Å². The van der Waals surface area contributed by atoms with Gasteiger partial charge in [0.25, 0.3) is 0 Å². The highest BCUT2D eigenvalue weighted by atomic mass is 16.5. The predicted molar refractivity (Wildman–Crippen MR) is 99.8 cm³/mol. The summed E-state index contributed by atoms with van der Waals surface area (Å²) in [6.07, 6.45) is 5.26. The van der Waals surface area contributed by atoms with Crippen LogP contribution in [0.3, 0.4) is 0 Å². The lowest BCUT2D eigenvalue weighted by Gasteiger charge is -2.35. The summed E-state index contributed by atoms with van der Waals surface area (Å²) < 4.78 is 12.6. The maximum atomic E-state index is 10.2. The molecule has 3 aliphatic rings. The van der Waals surface area contributed by atoms with Gasteiger partial charge >= 0.3 is 0 Å². The summed E-state index contributed by atoms with van der Waals surface area (Å²) in [7, 11) is 2.16. The van der Waals surface area contributed by atoms with E-state index in [1.165, 1.54) is 11.1 Å². The van der Waals surface area contributed by atoms with E-state index >= 15 is 0 Å². The van der Waals surface area contributed by atoms with Crippen LogP contribution in [0.2, 0.25) is 0 Å². The van der Waals surface area contributed by atoms with Crippen molar-refractivity contribution in [2.75, 3.05) is 13.6 Å². The minimum atomic E-state index is -0.442. The molecule has 3 atom stereocenters. The number of hydrogen-bond donors (Lipinski definition) is 1. The summed E-state index contributed by atoms with van der Waals surface area (Å²) in [6.45, 7) is 1.91. The van der Waals surface area contributed by atoms with Gasteiger partial charge in [-0.15, -0.1) is 0 Å². The Morgan fingerprint density at radius 2 is 2.04 bits per heavy atom. The molecular weight excluding hydrogens is 326 g/mol. The fourth-order valence-electron chi connectivity index (χ4n) is 4.61. The zero-order valence-corrected chi connectivity index (χ0v) is 14.9. The van der Waals surface area contributed by atoms with Gasteiger partial charge in [0.15, 0.2) is 11.5 Å². The van der Waals surface area contributed by atoms with E-state index < -0.39 is 6.10 Å². The van der Waals surface area contributed by atoms with Gasteiger partial charge in [-0.1, -0.05) is 36.4 Å². The normalized spacial score (nSPS) is 29.5. The summed E-state index contributed by atoms with van der Waals surface area (Å²) in [4.78, 5) is 2.36. The van der Waals surface area contributed by atoms with Crippen LogP contribution in [0.15, 0.2) is 54.6 Å². The van der Waals surface area contributed by atoms with Gasteiger partial charge in [0.1, 0.15) is 11.9 Å². The molecule has 1 unspecified atom stereocenters. The Kier molecular flexibility index (Phi) is 3.59. The van der Waals surface area contributed by atoms with E-state index in [1.807, 2.05) is 42.5 Å². The molecule has 4 heteroatoms. The van der Waals surface area contributed by atoms with Gasteiger partial charge in [0.05, 0.1) is 11.5 Å². The van der Waals surface area contributed by atoms with Crippen molar-refractivity contribution in [2.45, 2.75) is 37.0 Å². The Balaban J connectivity index is 1.65. The Hall–Kier alpha value is -2.30. The van der Waals surface area contributed by atoms with Crippen LogP contribution in [0.4, 0.5) is 0 Å². The first-order chi connectivity index (χ1) is 12.7. The van der Waals surface area contributed by atoms with Crippen LogP contribution < -0.4 is 9.47 Å². The van der Waals surface area contributed by atoms with Crippen LogP contribution in [0.5, 0.6) is 17.2 Å². The van der Waals surface area contributed by atoms with Gasteiger partial charge in [0, 0.05) is 18.5 Å². The Morgan fingerprint density at radius 3 is 2.88 bits per heavy atom. The second-order valence-corrected chi connectivity index (χ2v) is 7.64. The topological polar surface area (TPSA) is 41.9 Å². The van der Waals surface area contributed by atoms with Crippen LogP contribution in [0.25, 0.3) is 0 Å².